The first-order chi connectivity index (χ1) is 15.8. The number of carbonyl (C=O) groups excluding carboxylic acids is 1. The Morgan fingerprint density at radius 3 is 2.48 bits per heavy atom. The van der Waals surface area contributed by atoms with Crippen molar-refractivity contribution in [3.63, 3.8) is 0 Å². The van der Waals surface area contributed by atoms with Crippen molar-refractivity contribution in [1.82, 2.24) is 14.9 Å². The standard InChI is InChI=1S/C25H32N4O3S/c1-28(20-8-4-3-5-9-20)21-14-12-19(13-15-21)16-26-25(30)17-29-23-11-7-6-10-22(23)27-24(29)18-33(2,31)32/h6-7,10-15,20H,3-5,8-9,16-18H2,1-2H3,(H,26,30). The molecule has 8 heteroatoms. The number of hydrogen-bond acceptors (Lipinski definition) is 5. The third-order valence-corrected chi connectivity index (χ3v) is 7.16. The van der Waals surface area contributed by atoms with Gasteiger partial charge in [0.1, 0.15) is 18.1 Å². The van der Waals surface area contributed by atoms with E-state index in [0.29, 0.717) is 23.9 Å². The highest BCUT2D eigenvalue weighted by molar-refractivity contribution is 7.89. The number of aromatic nitrogens is 2. The van der Waals surface area contributed by atoms with Crippen LogP contribution < -0.4 is 10.2 Å². The average molecular weight is 469 g/mol. The van der Waals surface area contributed by atoms with Crippen molar-refractivity contribution < 1.29 is 13.2 Å². The Labute approximate surface area is 195 Å². The van der Waals surface area contributed by atoms with Gasteiger partial charge < -0.3 is 14.8 Å². The number of rotatable bonds is 8. The molecule has 0 spiro atoms. The number of hydrogen-bond donors (Lipinski definition) is 1. The number of anilines is 1. The minimum absolute atomic E-state index is 0.0217. The maximum atomic E-state index is 12.7. The number of sulfone groups is 1. The number of fused-ring (bicyclic) bond motifs is 1. The Balaban J connectivity index is 1.39. The molecular formula is C25H32N4O3S. The zero-order valence-electron chi connectivity index (χ0n) is 19.3. The second kappa shape index (κ2) is 9.95. The number of amides is 1. The molecule has 33 heavy (non-hydrogen) atoms. The Hall–Kier alpha value is -2.87. The molecule has 3 aromatic rings. The van der Waals surface area contributed by atoms with Crippen molar-refractivity contribution in [3.05, 3.63) is 59.9 Å². The van der Waals surface area contributed by atoms with E-state index < -0.39 is 9.84 Å². The molecule has 1 N–H and O–H groups in total. The van der Waals surface area contributed by atoms with Crippen LogP contribution in [0.1, 0.15) is 43.5 Å². The number of para-hydroxylation sites is 2. The van der Waals surface area contributed by atoms with Crippen molar-refractivity contribution in [2.24, 2.45) is 0 Å². The highest BCUT2D eigenvalue weighted by Gasteiger charge is 2.19. The summed E-state index contributed by atoms with van der Waals surface area (Å²) in [5, 5.41) is 2.95. The minimum atomic E-state index is -3.28. The molecular weight excluding hydrogens is 436 g/mol. The van der Waals surface area contributed by atoms with E-state index in [-0.39, 0.29) is 18.2 Å². The molecule has 0 bridgehead atoms. The first-order valence-corrected chi connectivity index (χ1v) is 13.6. The second-order valence-corrected chi connectivity index (χ2v) is 11.2. The summed E-state index contributed by atoms with van der Waals surface area (Å²) < 4.78 is 25.4. The van der Waals surface area contributed by atoms with E-state index in [1.165, 1.54) is 44.0 Å². The van der Waals surface area contributed by atoms with Gasteiger partial charge in [-0.1, -0.05) is 43.5 Å². The predicted molar refractivity (Wildman–Crippen MR) is 132 cm³/mol. The average Bonchev–Trinajstić information content (AvgIpc) is 3.13. The van der Waals surface area contributed by atoms with Gasteiger partial charge in [-0.15, -0.1) is 0 Å². The third kappa shape index (κ3) is 5.93. The second-order valence-electron chi connectivity index (χ2n) is 9.02. The van der Waals surface area contributed by atoms with E-state index in [0.717, 1.165) is 11.1 Å². The number of benzene rings is 2. The zero-order valence-corrected chi connectivity index (χ0v) is 20.1. The van der Waals surface area contributed by atoms with Crippen LogP contribution in [-0.4, -0.2) is 43.2 Å². The van der Waals surface area contributed by atoms with Crippen LogP contribution in [0, 0.1) is 0 Å². The van der Waals surface area contributed by atoms with Crippen molar-refractivity contribution in [2.75, 3.05) is 18.2 Å². The van der Waals surface area contributed by atoms with Crippen LogP contribution in [0.25, 0.3) is 11.0 Å². The van der Waals surface area contributed by atoms with E-state index in [2.05, 4.69) is 46.5 Å². The normalized spacial score (nSPS) is 15.0. The zero-order chi connectivity index (χ0) is 23.4. The van der Waals surface area contributed by atoms with Gasteiger partial charge in [-0.3, -0.25) is 4.79 Å². The smallest absolute Gasteiger partial charge is 0.240 e. The fourth-order valence-electron chi connectivity index (χ4n) is 4.57. The molecule has 1 fully saturated rings. The molecule has 0 radical (unpaired) electrons. The maximum Gasteiger partial charge on any atom is 0.240 e. The summed E-state index contributed by atoms with van der Waals surface area (Å²) in [6.45, 7) is 0.439. The molecule has 0 aliphatic heterocycles. The molecule has 0 atom stereocenters. The molecule has 1 aliphatic rings. The van der Waals surface area contributed by atoms with Crippen LogP contribution in [0.3, 0.4) is 0 Å². The van der Waals surface area contributed by atoms with Gasteiger partial charge >= 0.3 is 0 Å². The quantitative estimate of drug-likeness (QED) is 0.545. The summed E-state index contributed by atoms with van der Waals surface area (Å²) in [6.07, 6.45) is 7.62. The van der Waals surface area contributed by atoms with Crippen molar-refractivity contribution in [3.8, 4) is 0 Å². The van der Waals surface area contributed by atoms with Crippen LogP contribution in [0.2, 0.25) is 0 Å². The predicted octanol–water partition coefficient (Wildman–Crippen LogP) is 3.67. The van der Waals surface area contributed by atoms with E-state index in [1.54, 1.807) is 4.57 Å². The van der Waals surface area contributed by atoms with Crippen LogP contribution in [0.15, 0.2) is 48.5 Å². The molecule has 1 amide bonds. The summed E-state index contributed by atoms with van der Waals surface area (Å²) in [5.41, 5.74) is 3.66. The number of imidazole rings is 1. The molecule has 1 aliphatic carbocycles. The minimum Gasteiger partial charge on any atom is -0.372 e. The lowest BCUT2D eigenvalue weighted by molar-refractivity contribution is -0.121. The lowest BCUT2D eigenvalue weighted by Crippen LogP contribution is -2.33. The Kier molecular flexibility index (Phi) is 7.02. The molecule has 1 saturated carbocycles. The van der Waals surface area contributed by atoms with Crippen LogP contribution >= 0.6 is 0 Å². The first-order valence-electron chi connectivity index (χ1n) is 11.5. The van der Waals surface area contributed by atoms with Gasteiger partial charge in [-0.25, -0.2) is 13.4 Å². The lowest BCUT2D eigenvalue weighted by Gasteiger charge is -2.33. The van der Waals surface area contributed by atoms with Crippen molar-refractivity contribution in [2.45, 2.75) is 57.0 Å². The fraction of sp³-hybridized carbons (Fsp3) is 0.440. The molecule has 0 saturated heterocycles. The van der Waals surface area contributed by atoms with E-state index in [1.807, 2.05) is 24.3 Å². The molecule has 176 valence electrons. The van der Waals surface area contributed by atoms with E-state index >= 15 is 0 Å². The topological polar surface area (TPSA) is 84.3 Å². The van der Waals surface area contributed by atoms with Gasteiger partial charge in [0.05, 0.1) is 11.0 Å². The molecule has 7 nitrogen and oxygen atoms in total. The van der Waals surface area contributed by atoms with Crippen molar-refractivity contribution in [1.29, 1.82) is 0 Å². The summed E-state index contributed by atoms with van der Waals surface area (Å²) in [5.74, 6) is -0.00876. The van der Waals surface area contributed by atoms with Gasteiger partial charge in [-0.05, 0) is 42.7 Å². The van der Waals surface area contributed by atoms with Crippen molar-refractivity contribution >= 4 is 32.5 Å². The summed E-state index contributed by atoms with van der Waals surface area (Å²) in [7, 11) is -1.11. The first kappa shape index (κ1) is 23.3. The van der Waals surface area contributed by atoms with Gasteiger partial charge in [0.2, 0.25) is 5.91 Å². The summed E-state index contributed by atoms with van der Waals surface area (Å²) >= 11 is 0. The number of nitrogens with one attached hydrogen (secondary N) is 1. The summed E-state index contributed by atoms with van der Waals surface area (Å²) in [6, 6.07) is 16.3. The molecule has 4 rings (SSSR count). The van der Waals surface area contributed by atoms with Gasteiger partial charge in [0.15, 0.2) is 9.84 Å². The van der Waals surface area contributed by atoms with E-state index in [4.69, 9.17) is 0 Å². The summed E-state index contributed by atoms with van der Waals surface area (Å²) in [4.78, 5) is 19.5. The lowest BCUT2D eigenvalue weighted by atomic mass is 9.94. The van der Waals surface area contributed by atoms with Crippen LogP contribution in [0.4, 0.5) is 5.69 Å². The van der Waals surface area contributed by atoms with Gasteiger partial charge in [0.25, 0.3) is 0 Å². The highest BCUT2D eigenvalue weighted by atomic mass is 32.2. The van der Waals surface area contributed by atoms with E-state index in [9.17, 15) is 13.2 Å². The fourth-order valence-corrected chi connectivity index (χ4v) is 5.26. The molecule has 0 unspecified atom stereocenters. The Morgan fingerprint density at radius 1 is 1.09 bits per heavy atom. The molecule has 1 aromatic heterocycles. The SMILES string of the molecule is CN(c1ccc(CNC(=O)Cn2c(CS(C)(=O)=O)nc3ccccc32)cc1)C1CCCCC1. The molecule has 2 aromatic carbocycles. The number of carbonyl (C=O) groups is 1. The van der Waals surface area contributed by atoms with Gasteiger partial charge in [-0.2, -0.15) is 0 Å². The highest BCUT2D eigenvalue weighted by Crippen LogP contribution is 2.26. The Morgan fingerprint density at radius 2 is 1.79 bits per heavy atom. The monoisotopic (exact) mass is 468 g/mol. The largest absolute Gasteiger partial charge is 0.372 e. The molecule has 1 heterocycles. The third-order valence-electron chi connectivity index (χ3n) is 6.38. The Bertz CT molecular complexity index is 1210. The van der Waals surface area contributed by atoms with Crippen LogP contribution in [0.5, 0.6) is 0 Å². The number of nitrogens with zero attached hydrogens (tertiary/aromatic N) is 3. The van der Waals surface area contributed by atoms with Gasteiger partial charge in [0, 0.05) is 31.6 Å². The van der Waals surface area contributed by atoms with Crippen LogP contribution in [-0.2, 0) is 33.5 Å². The maximum absolute atomic E-state index is 12.7.